The summed E-state index contributed by atoms with van der Waals surface area (Å²) in [6.07, 6.45) is 2.72. The number of phenolic OH excluding ortho intramolecular Hbond substituents is 1. The minimum absolute atomic E-state index is 0.185. The quantitative estimate of drug-likeness (QED) is 0.746. The number of allylic oxidation sites excluding steroid dienone is 1. The topological polar surface area (TPSA) is 57.5 Å². The Morgan fingerprint density at radius 3 is 2.60 bits per heavy atom. The highest BCUT2D eigenvalue weighted by molar-refractivity contribution is 5.80. The molecular formula is C12H14O3. The molecule has 0 saturated heterocycles. The van der Waals surface area contributed by atoms with Crippen LogP contribution >= 0.6 is 0 Å². The normalized spacial score (nSPS) is 11.9. The third-order valence-corrected chi connectivity index (χ3v) is 2.23. The van der Waals surface area contributed by atoms with Crippen LogP contribution in [0.15, 0.2) is 36.4 Å². The summed E-state index contributed by atoms with van der Waals surface area (Å²) in [5.41, 5.74) is 0.469. The Kier molecular flexibility index (Phi) is 3.14. The summed E-state index contributed by atoms with van der Waals surface area (Å²) in [4.78, 5) is 10.4. The number of aromatic hydroxyl groups is 1. The minimum Gasteiger partial charge on any atom is -0.508 e. The monoisotopic (exact) mass is 206 g/mol. The number of aliphatic carboxylic acids is 1. The SMILES string of the molecule is CC(C)(/C=C/C(=O)O)c1cccc(O)c1. The van der Waals surface area contributed by atoms with E-state index in [2.05, 4.69) is 0 Å². The van der Waals surface area contributed by atoms with Crippen LogP contribution in [0.2, 0.25) is 0 Å². The molecule has 1 aromatic rings. The van der Waals surface area contributed by atoms with E-state index in [1.807, 2.05) is 19.9 Å². The predicted octanol–water partition coefficient (Wildman–Crippen LogP) is 2.31. The molecule has 80 valence electrons. The summed E-state index contributed by atoms with van der Waals surface area (Å²) in [5, 5.41) is 17.9. The van der Waals surface area contributed by atoms with Crippen molar-refractivity contribution >= 4 is 5.97 Å². The second kappa shape index (κ2) is 4.17. The van der Waals surface area contributed by atoms with Crippen LogP contribution in [0.1, 0.15) is 19.4 Å². The van der Waals surface area contributed by atoms with Crippen LogP contribution < -0.4 is 0 Å². The van der Waals surface area contributed by atoms with Crippen LogP contribution in [0.4, 0.5) is 0 Å². The second-order valence-electron chi connectivity index (χ2n) is 3.94. The first-order valence-electron chi connectivity index (χ1n) is 4.63. The molecule has 0 aliphatic heterocycles. The first kappa shape index (κ1) is 11.3. The van der Waals surface area contributed by atoms with Crippen LogP contribution in [0.5, 0.6) is 5.75 Å². The molecule has 3 heteroatoms. The maximum Gasteiger partial charge on any atom is 0.328 e. The second-order valence-corrected chi connectivity index (χ2v) is 3.94. The van der Waals surface area contributed by atoms with Crippen molar-refractivity contribution in [1.82, 2.24) is 0 Å². The zero-order chi connectivity index (χ0) is 11.5. The molecule has 0 radical (unpaired) electrons. The number of benzene rings is 1. The lowest BCUT2D eigenvalue weighted by Crippen LogP contribution is -2.13. The molecule has 2 N–H and O–H groups in total. The molecule has 0 saturated carbocycles. The lowest BCUT2D eigenvalue weighted by molar-refractivity contribution is -0.131. The van der Waals surface area contributed by atoms with Gasteiger partial charge in [-0.3, -0.25) is 0 Å². The number of hydrogen-bond donors (Lipinski definition) is 2. The van der Waals surface area contributed by atoms with E-state index in [0.717, 1.165) is 11.6 Å². The number of rotatable bonds is 3. The number of phenols is 1. The van der Waals surface area contributed by atoms with Crippen LogP contribution in [0.25, 0.3) is 0 Å². The fraction of sp³-hybridized carbons (Fsp3) is 0.250. The van der Waals surface area contributed by atoms with Gasteiger partial charge in [-0.1, -0.05) is 32.1 Å². The van der Waals surface area contributed by atoms with E-state index in [9.17, 15) is 9.90 Å². The van der Waals surface area contributed by atoms with E-state index in [-0.39, 0.29) is 5.75 Å². The average molecular weight is 206 g/mol. The van der Waals surface area contributed by atoms with Gasteiger partial charge in [0.2, 0.25) is 0 Å². The highest BCUT2D eigenvalue weighted by atomic mass is 16.4. The molecule has 0 amide bonds. The van der Waals surface area contributed by atoms with Crippen molar-refractivity contribution in [3.05, 3.63) is 42.0 Å². The van der Waals surface area contributed by atoms with Gasteiger partial charge >= 0.3 is 5.97 Å². The van der Waals surface area contributed by atoms with Crippen molar-refractivity contribution in [3.8, 4) is 5.75 Å². The van der Waals surface area contributed by atoms with Gasteiger partial charge < -0.3 is 10.2 Å². The first-order valence-corrected chi connectivity index (χ1v) is 4.63. The Bertz CT molecular complexity index is 392. The Hall–Kier alpha value is -1.77. The molecule has 0 bridgehead atoms. The molecule has 0 aliphatic carbocycles. The van der Waals surface area contributed by atoms with Gasteiger partial charge in [0.15, 0.2) is 0 Å². The smallest absolute Gasteiger partial charge is 0.328 e. The van der Waals surface area contributed by atoms with E-state index in [1.165, 1.54) is 0 Å². The molecule has 3 nitrogen and oxygen atoms in total. The fourth-order valence-corrected chi connectivity index (χ4v) is 1.28. The van der Waals surface area contributed by atoms with Gasteiger partial charge in [-0.25, -0.2) is 4.79 Å². The van der Waals surface area contributed by atoms with Crippen LogP contribution in [-0.2, 0) is 10.2 Å². The third-order valence-electron chi connectivity index (χ3n) is 2.23. The Morgan fingerprint density at radius 1 is 1.40 bits per heavy atom. The molecule has 15 heavy (non-hydrogen) atoms. The highest BCUT2D eigenvalue weighted by Crippen LogP contribution is 2.27. The molecule has 1 rings (SSSR count). The summed E-state index contributed by atoms with van der Waals surface area (Å²) in [7, 11) is 0. The van der Waals surface area contributed by atoms with Crippen molar-refractivity contribution in [2.24, 2.45) is 0 Å². The third kappa shape index (κ3) is 3.13. The Morgan fingerprint density at radius 2 is 2.07 bits per heavy atom. The summed E-state index contributed by atoms with van der Waals surface area (Å²) >= 11 is 0. The van der Waals surface area contributed by atoms with Crippen LogP contribution in [-0.4, -0.2) is 16.2 Å². The van der Waals surface area contributed by atoms with Gasteiger partial charge in [-0.05, 0) is 17.7 Å². The maximum absolute atomic E-state index is 10.4. The van der Waals surface area contributed by atoms with E-state index in [4.69, 9.17) is 5.11 Å². The minimum atomic E-state index is -0.969. The van der Waals surface area contributed by atoms with Crippen molar-refractivity contribution in [3.63, 3.8) is 0 Å². The predicted molar refractivity (Wildman–Crippen MR) is 57.9 cm³/mol. The molecule has 0 heterocycles. The maximum atomic E-state index is 10.4. The summed E-state index contributed by atoms with van der Waals surface area (Å²) in [6.45, 7) is 3.78. The van der Waals surface area contributed by atoms with Crippen LogP contribution in [0, 0.1) is 0 Å². The summed E-state index contributed by atoms with van der Waals surface area (Å²) in [6, 6.07) is 6.81. The highest BCUT2D eigenvalue weighted by Gasteiger charge is 2.17. The molecule has 0 atom stereocenters. The number of carbonyl (C=O) groups is 1. The van der Waals surface area contributed by atoms with Crippen molar-refractivity contribution < 1.29 is 15.0 Å². The molecule has 1 aromatic carbocycles. The standard InChI is InChI=1S/C12H14O3/c1-12(2,7-6-11(14)15)9-4-3-5-10(13)8-9/h3-8,13H,1-2H3,(H,14,15)/b7-6+. The zero-order valence-electron chi connectivity index (χ0n) is 8.77. The van der Waals surface area contributed by atoms with Gasteiger partial charge in [-0.2, -0.15) is 0 Å². The fourth-order valence-electron chi connectivity index (χ4n) is 1.28. The molecule has 0 aliphatic rings. The number of hydrogen-bond acceptors (Lipinski definition) is 2. The van der Waals surface area contributed by atoms with E-state index < -0.39 is 11.4 Å². The van der Waals surface area contributed by atoms with Crippen molar-refractivity contribution in [1.29, 1.82) is 0 Å². The molecule has 0 fully saturated rings. The summed E-state index contributed by atoms with van der Waals surface area (Å²) < 4.78 is 0. The zero-order valence-corrected chi connectivity index (χ0v) is 8.77. The van der Waals surface area contributed by atoms with E-state index in [1.54, 1.807) is 24.3 Å². The molecular weight excluding hydrogens is 192 g/mol. The van der Waals surface area contributed by atoms with E-state index >= 15 is 0 Å². The lowest BCUT2D eigenvalue weighted by atomic mass is 9.84. The lowest BCUT2D eigenvalue weighted by Gasteiger charge is -2.20. The van der Waals surface area contributed by atoms with Gasteiger partial charge in [0.1, 0.15) is 5.75 Å². The number of carboxylic acid groups (broad SMARTS) is 1. The first-order chi connectivity index (χ1) is 6.92. The Balaban J connectivity index is 3.00. The summed E-state index contributed by atoms with van der Waals surface area (Å²) in [5.74, 6) is -0.785. The van der Waals surface area contributed by atoms with Gasteiger partial charge in [0, 0.05) is 11.5 Å². The van der Waals surface area contributed by atoms with Crippen molar-refractivity contribution in [2.45, 2.75) is 19.3 Å². The van der Waals surface area contributed by atoms with Crippen molar-refractivity contribution in [2.75, 3.05) is 0 Å². The van der Waals surface area contributed by atoms with Gasteiger partial charge in [-0.15, -0.1) is 0 Å². The average Bonchev–Trinajstić information content (AvgIpc) is 2.15. The molecule has 0 unspecified atom stereocenters. The molecule has 0 spiro atoms. The van der Waals surface area contributed by atoms with Crippen LogP contribution in [0.3, 0.4) is 0 Å². The van der Waals surface area contributed by atoms with Gasteiger partial charge in [0.05, 0.1) is 0 Å². The molecule has 0 aromatic heterocycles. The number of carboxylic acids is 1. The van der Waals surface area contributed by atoms with E-state index in [0.29, 0.717) is 0 Å². The Labute approximate surface area is 88.7 Å². The largest absolute Gasteiger partial charge is 0.508 e. The van der Waals surface area contributed by atoms with Gasteiger partial charge in [0.25, 0.3) is 0 Å².